The summed E-state index contributed by atoms with van der Waals surface area (Å²) >= 11 is 0. The van der Waals surface area contributed by atoms with Gasteiger partial charge >= 0.3 is 0 Å². The minimum Gasteiger partial charge on any atom is -0.491 e. The monoisotopic (exact) mass is 425 g/mol. The lowest BCUT2D eigenvalue weighted by atomic mass is 10.1. The molecular weight excluding hydrogens is 398 g/mol. The molecule has 32 heavy (non-hydrogen) atoms. The Morgan fingerprint density at radius 3 is 2.88 bits per heavy atom. The van der Waals surface area contributed by atoms with Crippen LogP contribution in [0.5, 0.6) is 5.75 Å². The molecule has 0 saturated carbocycles. The van der Waals surface area contributed by atoms with Gasteiger partial charge in [0.1, 0.15) is 19.0 Å². The standard InChI is InChI=1S/C26H27N5O/c1-19(27-2)17-32-26-8-5-7-25-23(26)15-28-18-31(25)22-9-10-24-20(14-22)11-13-30(24)16-21-6-3-4-12-29-21/h3-15,19,27H,16-18H2,1-2H3/t19-/m1/s1. The summed E-state index contributed by atoms with van der Waals surface area (Å²) in [7, 11) is 1.94. The van der Waals surface area contributed by atoms with E-state index in [2.05, 4.69) is 74.3 Å². The number of ether oxygens (including phenoxy) is 1. The number of aliphatic imine (C=N–C) groups is 1. The van der Waals surface area contributed by atoms with Crippen LogP contribution in [0.1, 0.15) is 18.2 Å². The molecule has 0 aliphatic carbocycles. The molecule has 3 heterocycles. The van der Waals surface area contributed by atoms with Gasteiger partial charge in [-0.1, -0.05) is 12.1 Å². The van der Waals surface area contributed by atoms with E-state index < -0.39 is 0 Å². The van der Waals surface area contributed by atoms with Crippen molar-refractivity contribution in [2.45, 2.75) is 19.5 Å². The molecule has 0 saturated heterocycles. The lowest BCUT2D eigenvalue weighted by molar-refractivity contribution is 0.279. The lowest BCUT2D eigenvalue weighted by Crippen LogP contribution is -2.28. The molecule has 0 fully saturated rings. The van der Waals surface area contributed by atoms with Crippen LogP contribution in [0.3, 0.4) is 0 Å². The Kier molecular flexibility index (Phi) is 5.60. The second-order valence-electron chi connectivity index (χ2n) is 8.08. The number of pyridine rings is 1. The Hall–Kier alpha value is -3.64. The zero-order chi connectivity index (χ0) is 21.9. The van der Waals surface area contributed by atoms with Gasteiger partial charge in [0, 0.05) is 41.2 Å². The van der Waals surface area contributed by atoms with Gasteiger partial charge in [0.15, 0.2) is 0 Å². The van der Waals surface area contributed by atoms with Crippen LogP contribution < -0.4 is 15.0 Å². The van der Waals surface area contributed by atoms with Gasteiger partial charge < -0.3 is 19.5 Å². The van der Waals surface area contributed by atoms with Gasteiger partial charge in [0.05, 0.1) is 23.5 Å². The van der Waals surface area contributed by atoms with E-state index in [0.717, 1.165) is 34.9 Å². The molecule has 1 N–H and O–H groups in total. The van der Waals surface area contributed by atoms with Crippen molar-refractivity contribution in [3.8, 4) is 5.75 Å². The van der Waals surface area contributed by atoms with Crippen molar-refractivity contribution in [2.75, 3.05) is 25.2 Å². The van der Waals surface area contributed by atoms with Crippen LogP contribution in [0, 0.1) is 0 Å². The zero-order valence-electron chi connectivity index (χ0n) is 18.4. The maximum absolute atomic E-state index is 6.08. The van der Waals surface area contributed by atoms with E-state index in [4.69, 9.17) is 4.74 Å². The Morgan fingerprint density at radius 2 is 2.03 bits per heavy atom. The highest BCUT2D eigenvalue weighted by Gasteiger charge is 2.20. The average Bonchev–Trinajstić information content (AvgIpc) is 3.24. The van der Waals surface area contributed by atoms with Crippen LogP contribution in [0.4, 0.5) is 11.4 Å². The summed E-state index contributed by atoms with van der Waals surface area (Å²) in [6.07, 6.45) is 5.89. The largest absolute Gasteiger partial charge is 0.491 e. The molecule has 1 aliphatic heterocycles. The van der Waals surface area contributed by atoms with Crippen molar-refractivity contribution in [1.82, 2.24) is 14.9 Å². The van der Waals surface area contributed by atoms with Crippen molar-refractivity contribution in [3.05, 3.63) is 84.3 Å². The van der Waals surface area contributed by atoms with Crippen LogP contribution in [0.25, 0.3) is 10.9 Å². The van der Waals surface area contributed by atoms with Crippen LogP contribution in [0.15, 0.2) is 78.0 Å². The molecule has 6 heteroatoms. The van der Waals surface area contributed by atoms with Gasteiger partial charge in [-0.15, -0.1) is 0 Å². The molecular formula is C26H27N5O. The first-order valence-electron chi connectivity index (χ1n) is 10.9. The van der Waals surface area contributed by atoms with E-state index in [-0.39, 0.29) is 6.04 Å². The van der Waals surface area contributed by atoms with Gasteiger partial charge in [0.2, 0.25) is 0 Å². The first-order chi connectivity index (χ1) is 15.7. The fourth-order valence-electron chi connectivity index (χ4n) is 3.99. The van der Waals surface area contributed by atoms with E-state index in [1.54, 1.807) is 0 Å². The number of aromatic nitrogens is 2. The number of likely N-dealkylation sites (N-methyl/N-ethyl adjacent to an activating group) is 1. The number of rotatable bonds is 7. The molecule has 162 valence electrons. The topological polar surface area (TPSA) is 54.7 Å². The van der Waals surface area contributed by atoms with Crippen molar-refractivity contribution in [1.29, 1.82) is 0 Å². The molecule has 1 aliphatic rings. The summed E-state index contributed by atoms with van der Waals surface area (Å²) in [5.74, 6) is 0.862. The lowest BCUT2D eigenvalue weighted by Gasteiger charge is -2.29. The van der Waals surface area contributed by atoms with Crippen LogP contribution >= 0.6 is 0 Å². The molecule has 1 atom stereocenters. The summed E-state index contributed by atoms with van der Waals surface area (Å²) in [4.78, 5) is 11.3. The second-order valence-corrected chi connectivity index (χ2v) is 8.08. The maximum atomic E-state index is 6.08. The Bertz CT molecular complexity index is 1250. The van der Waals surface area contributed by atoms with Crippen molar-refractivity contribution < 1.29 is 4.74 Å². The number of hydrogen-bond acceptors (Lipinski definition) is 5. The number of benzene rings is 2. The molecule has 2 aromatic heterocycles. The number of nitrogens with one attached hydrogen (secondary N) is 1. The van der Waals surface area contributed by atoms with Crippen molar-refractivity contribution in [3.63, 3.8) is 0 Å². The maximum Gasteiger partial charge on any atom is 0.130 e. The normalized spacial score (nSPS) is 13.9. The van der Waals surface area contributed by atoms with E-state index in [1.165, 1.54) is 10.9 Å². The fraction of sp³-hybridized carbons (Fsp3) is 0.231. The second kappa shape index (κ2) is 8.85. The zero-order valence-corrected chi connectivity index (χ0v) is 18.4. The van der Waals surface area contributed by atoms with Gasteiger partial charge in [-0.05, 0) is 62.5 Å². The number of hydrogen-bond donors (Lipinski definition) is 1. The first-order valence-corrected chi connectivity index (χ1v) is 10.9. The average molecular weight is 426 g/mol. The molecule has 0 unspecified atom stereocenters. The van der Waals surface area contributed by atoms with Crippen LogP contribution in [-0.4, -0.2) is 42.1 Å². The third-order valence-electron chi connectivity index (χ3n) is 5.88. The van der Waals surface area contributed by atoms with Gasteiger partial charge in [0.25, 0.3) is 0 Å². The summed E-state index contributed by atoms with van der Waals surface area (Å²) < 4.78 is 8.32. The molecule has 0 amide bonds. The number of fused-ring (bicyclic) bond motifs is 2. The molecule has 0 radical (unpaired) electrons. The third-order valence-corrected chi connectivity index (χ3v) is 5.88. The van der Waals surface area contributed by atoms with E-state index >= 15 is 0 Å². The van der Waals surface area contributed by atoms with Crippen molar-refractivity contribution >= 4 is 28.5 Å². The smallest absolute Gasteiger partial charge is 0.130 e. The van der Waals surface area contributed by atoms with Gasteiger partial charge in [-0.3, -0.25) is 9.98 Å². The summed E-state index contributed by atoms with van der Waals surface area (Å²) in [6.45, 7) is 4.05. The SMILES string of the molecule is CN[C@H](C)COc1cccc2c1C=NCN2c1ccc2c(ccn2Cc2ccccn2)c1. The Balaban J connectivity index is 1.43. The fourth-order valence-corrected chi connectivity index (χ4v) is 3.99. The summed E-state index contributed by atoms with van der Waals surface area (Å²) in [6, 6.07) is 21.2. The molecule has 0 spiro atoms. The van der Waals surface area contributed by atoms with Gasteiger partial charge in [-0.2, -0.15) is 0 Å². The quantitative estimate of drug-likeness (QED) is 0.470. The summed E-state index contributed by atoms with van der Waals surface area (Å²) in [5.41, 5.74) is 5.50. The Morgan fingerprint density at radius 1 is 1.09 bits per heavy atom. The summed E-state index contributed by atoms with van der Waals surface area (Å²) in [5, 5.41) is 4.41. The highest BCUT2D eigenvalue weighted by atomic mass is 16.5. The third kappa shape index (κ3) is 3.97. The highest BCUT2D eigenvalue weighted by Crippen LogP contribution is 2.36. The van der Waals surface area contributed by atoms with Crippen LogP contribution in [0.2, 0.25) is 0 Å². The Labute approximate surface area is 188 Å². The minimum atomic E-state index is 0.278. The molecule has 4 aromatic rings. The number of anilines is 2. The molecule has 5 rings (SSSR count). The van der Waals surface area contributed by atoms with Crippen LogP contribution in [-0.2, 0) is 6.54 Å². The predicted octanol–water partition coefficient (Wildman–Crippen LogP) is 4.60. The first kappa shape index (κ1) is 20.3. The van der Waals surface area contributed by atoms with Gasteiger partial charge in [-0.25, -0.2) is 0 Å². The number of nitrogens with zero attached hydrogens (tertiary/aromatic N) is 4. The van der Waals surface area contributed by atoms with E-state index in [1.807, 2.05) is 43.7 Å². The molecule has 6 nitrogen and oxygen atoms in total. The molecule has 0 bridgehead atoms. The minimum absolute atomic E-state index is 0.278. The highest BCUT2D eigenvalue weighted by molar-refractivity contribution is 5.96. The molecule has 2 aromatic carbocycles. The van der Waals surface area contributed by atoms with Crippen molar-refractivity contribution in [2.24, 2.45) is 4.99 Å². The predicted molar refractivity (Wildman–Crippen MR) is 130 cm³/mol. The van der Waals surface area contributed by atoms with E-state index in [9.17, 15) is 0 Å². The van der Waals surface area contributed by atoms with E-state index in [0.29, 0.717) is 13.3 Å².